The molecule has 1 aromatic carbocycles. The van der Waals surface area contributed by atoms with Gasteiger partial charge in [0.15, 0.2) is 0 Å². The van der Waals surface area contributed by atoms with Gasteiger partial charge in [0, 0.05) is 11.6 Å². The van der Waals surface area contributed by atoms with Crippen LogP contribution in [0.3, 0.4) is 0 Å². The van der Waals surface area contributed by atoms with Gasteiger partial charge in [-0.05, 0) is 37.1 Å². The van der Waals surface area contributed by atoms with Crippen molar-refractivity contribution in [3.63, 3.8) is 0 Å². The Morgan fingerprint density at radius 3 is 2.78 bits per heavy atom. The predicted molar refractivity (Wildman–Crippen MR) is 87.9 cm³/mol. The van der Waals surface area contributed by atoms with Crippen LogP contribution < -0.4 is 5.32 Å². The number of likely N-dealkylation sites (tertiary alicyclic amines) is 1. The van der Waals surface area contributed by atoms with E-state index in [9.17, 15) is 9.59 Å². The maximum atomic E-state index is 12.5. The van der Waals surface area contributed by atoms with Crippen molar-refractivity contribution in [1.82, 2.24) is 4.90 Å². The molecule has 120 valence electrons. The number of anilines is 1. The topological polar surface area (TPSA) is 62.6 Å². The molecule has 0 spiro atoms. The minimum Gasteiger partial charge on any atom is -0.472 e. The molecule has 1 atom stereocenters. The minimum atomic E-state index is -0.524. The van der Waals surface area contributed by atoms with Gasteiger partial charge in [-0.25, -0.2) is 0 Å². The maximum absolute atomic E-state index is 12.5. The number of halogens is 2. The number of furan rings is 1. The van der Waals surface area contributed by atoms with Crippen LogP contribution in [0.25, 0.3) is 0 Å². The summed E-state index contributed by atoms with van der Waals surface area (Å²) in [5, 5.41) is 3.61. The molecule has 1 aromatic heterocycles. The van der Waals surface area contributed by atoms with Gasteiger partial charge in [-0.15, -0.1) is 0 Å². The first kappa shape index (κ1) is 15.9. The van der Waals surface area contributed by atoms with Gasteiger partial charge in [0.05, 0.1) is 22.5 Å². The van der Waals surface area contributed by atoms with Crippen molar-refractivity contribution in [2.24, 2.45) is 0 Å². The fraction of sp³-hybridized carbons (Fsp3) is 0.250. The number of carbonyl (C=O) groups excluding carboxylic acids is 2. The van der Waals surface area contributed by atoms with Gasteiger partial charge in [0.2, 0.25) is 5.91 Å². The van der Waals surface area contributed by atoms with Crippen molar-refractivity contribution < 1.29 is 14.0 Å². The molecule has 7 heteroatoms. The third-order valence-corrected chi connectivity index (χ3v) is 4.32. The average Bonchev–Trinajstić information content (AvgIpc) is 3.20. The molecule has 2 amide bonds. The molecular weight excluding hydrogens is 339 g/mol. The summed E-state index contributed by atoms with van der Waals surface area (Å²) in [4.78, 5) is 26.5. The van der Waals surface area contributed by atoms with Gasteiger partial charge in [-0.2, -0.15) is 0 Å². The van der Waals surface area contributed by atoms with Crippen LogP contribution >= 0.6 is 23.2 Å². The van der Waals surface area contributed by atoms with Gasteiger partial charge < -0.3 is 14.6 Å². The smallest absolute Gasteiger partial charge is 0.257 e. The number of nitrogens with zero attached hydrogens (tertiary/aromatic N) is 1. The van der Waals surface area contributed by atoms with E-state index < -0.39 is 6.04 Å². The van der Waals surface area contributed by atoms with Crippen LogP contribution in [0.4, 0.5) is 5.69 Å². The molecular formula is C16H14Cl2N2O3. The van der Waals surface area contributed by atoms with Gasteiger partial charge in [0.25, 0.3) is 5.91 Å². The van der Waals surface area contributed by atoms with Gasteiger partial charge in [0.1, 0.15) is 12.3 Å². The fourth-order valence-electron chi connectivity index (χ4n) is 2.64. The van der Waals surface area contributed by atoms with E-state index in [4.69, 9.17) is 27.6 Å². The van der Waals surface area contributed by atoms with E-state index in [1.165, 1.54) is 12.5 Å². The molecule has 0 aliphatic carbocycles. The fourth-order valence-corrected chi connectivity index (χ4v) is 3.10. The number of rotatable bonds is 3. The van der Waals surface area contributed by atoms with E-state index in [2.05, 4.69) is 5.32 Å². The number of hydrogen-bond donors (Lipinski definition) is 1. The lowest BCUT2D eigenvalue weighted by atomic mass is 10.2. The zero-order valence-corrected chi connectivity index (χ0v) is 13.6. The second kappa shape index (κ2) is 6.64. The van der Waals surface area contributed by atoms with Crippen LogP contribution in [0.1, 0.15) is 23.2 Å². The molecule has 0 unspecified atom stereocenters. The highest BCUT2D eigenvalue weighted by Crippen LogP contribution is 2.27. The van der Waals surface area contributed by atoms with E-state index in [0.717, 1.165) is 6.42 Å². The molecule has 1 N–H and O–H groups in total. The Morgan fingerprint density at radius 2 is 2.09 bits per heavy atom. The summed E-state index contributed by atoms with van der Waals surface area (Å²) in [5.41, 5.74) is 0.915. The van der Waals surface area contributed by atoms with Crippen molar-refractivity contribution >= 4 is 40.7 Å². The predicted octanol–water partition coefficient (Wildman–Crippen LogP) is 3.83. The van der Waals surface area contributed by atoms with Crippen LogP contribution in [0.5, 0.6) is 0 Å². The van der Waals surface area contributed by atoms with Crippen molar-refractivity contribution in [1.29, 1.82) is 0 Å². The molecule has 1 saturated heterocycles. The Labute approximate surface area is 143 Å². The van der Waals surface area contributed by atoms with Crippen molar-refractivity contribution in [2.75, 3.05) is 11.9 Å². The first-order chi connectivity index (χ1) is 11.1. The van der Waals surface area contributed by atoms with E-state index in [-0.39, 0.29) is 11.8 Å². The molecule has 5 nitrogen and oxygen atoms in total. The summed E-state index contributed by atoms with van der Waals surface area (Å²) in [5.74, 6) is -0.470. The van der Waals surface area contributed by atoms with Crippen molar-refractivity contribution in [2.45, 2.75) is 18.9 Å². The lowest BCUT2D eigenvalue weighted by Crippen LogP contribution is -2.43. The number of carbonyl (C=O) groups is 2. The van der Waals surface area contributed by atoms with Gasteiger partial charge in [-0.3, -0.25) is 9.59 Å². The number of benzene rings is 1. The lowest BCUT2D eigenvalue weighted by molar-refractivity contribution is -0.119. The highest BCUT2D eigenvalue weighted by atomic mass is 35.5. The summed E-state index contributed by atoms with van der Waals surface area (Å²) in [7, 11) is 0. The minimum absolute atomic E-state index is 0.210. The number of nitrogens with one attached hydrogen (secondary N) is 1. The highest BCUT2D eigenvalue weighted by Gasteiger charge is 2.35. The second-order valence-electron chi connectivity index (χ2n) is 5.28. The summed E-state index contributed by atoms with van der Waals surface area (Å²) in [6.45, 7) is 0.538. The average molecular weight is 353 g/mol. The van der Waals surface area contributed by atoms with E-state index in [1.54, 1.807) is 29.2 Å². The van der Waals surface area contributed by atoms with Crippen LogP contribution in [-0.2, 0) is 4.79 Å². The van der Waals surface area contributed by atoms with Gasteiger partial charge >= 0.3 is 0 Å². The Hall–Kier alpha value is -1.98. The van der Waals surface area contributed by atoms with Crippen LogP contribution in [0.2, 0.25) is 10.0 Å². The number of amides is 2. The Morgan fingerprint density at radius 1 is 1.26 bits per heavy atom. The monoisotopic (exact) mass is 352 g/mol. The standard InChI is InChI=1S/C16H14Cl2N2O3/c17-11-3-4-13(12(18)8-11)19-15(21)14-2-1-6-20(14)16(22)10-5-7-23-9-10/h3-5,7-9,14H,1-2,6H2,(H,19,21)/t14-/m0/s1. The third kappa shape index (κ3) is 3.35. The zero-order chi connectivity index (χ0) is 16.4. The van der Waals surface area contributed by atoms with Gasteiger partial charge in [-0.1, -0.05) is 23.2 Å². The summed E-state index contributed by atoms with van der Waals surface area (Å²) in [6.07, 6.45) is 4.20. The molecule has 0 bridgehead atoms. The van der Waals surface area contributed by atoms with Crippen molar-refractivity contribution in [3.8, 4) is 0 Å². The SMILES string of the molecule is O=C(Nc1ccc(Cl)cc1Cl)[C@@H]1CCCN1C(=O)c1ccoc1. The molecule has 1 aliphatic heterocycles. The molecule has 2 aromatic rings. The molecule has 0 saturated carbocycles. The normalized spacial score (nSPS) is 17.3. The first-order valence-corrected chi connectivity index (χ1v) is 7.91. The molecule has 2 heterocycles. The third-order valence-electron chi connectivity index (χ3n) is 3.77. The summed E-state index contributed by atoms with van der Waals surface area (Å²) < 4.78 is 4.94. The lowest BCUT2D eigenvalue weighted by Gasteiger charge is -2.23. The summed E-state index contributed by atoms with van der Waals surface area (Å²) >= 11 is 11.9. The van der Waals surface area contributed by atoms with E-state index in [1.807, 2.05) is 0 Å². The first-order valence-electron chi connectivity index (χ1n) is 7.15. The maximum Gasteiger partial charge on any atom is 0.257 e. The summed E-state index contributed by atoms with van der Waals surface area (Å²) in [6, 6.07) is 5.91. The molecule has 1 aliphatic rings. The van der Waals surface area contributed by atoms with Crippen LogP contribution in [0.15, 0.2) is 41.2 Å². The van der Waals surface area contributed by atoms with E-state index >= 15 is 0 Å². The Balaban J connectivity index is 1.74. The van der Waals surface area contributed by atoms with Crippen LogP contribution in [-0.4, -0.2) is 29.3 Å². The second-order valence-corrected chi connectivity index (χ2v) is 6.13. The molecule has 0 radical (unpaired) electrons. The Bertz CT molecular complexity index is 731. The van der Waals surface area contributed by atoms with Crippen LogP contribution in [0, 0.1) is 0 Å². The Kier molecular flexibility index (Phi) is 4.59. The number of hydrogen-bond acceptors (Lipinski definition) is 3. The molecule has 1 fully saturated rings. The largest absolute Gasteiger partial charge is 0.472 e. The van der Waals surface area contributed by atoms with Crippen molar-refractivity contribution in [3.05, 3.63) is 52.4 Å². The highest BCUT2D eigenvalue weighted by molar-refractivity contribution is 6.36. The zero-order valence-electron chi connectivity index (χ0n) is 12.1. The quantitative estimate of drug-likeness (QED) is 0.912. The molecule has 23 heavy (non-hydrogen) atoms. The van der Waals surface area contributed by atoms with E-state index in [0.29, 0.717) is 34.3 Å². The molecule has 3 rings (SSSR count).